The summed E-state index contributed by atoms with van der Waals surface area (Å²) in [5, 5.41) is 0. The van der Waals surface area contributed by atoms with Crippen LogP contribution in [0.5, 0.6) is 0 Å². The van der Waals surface area contributed by atoms with Crippen LogP contribution in [0.1, 0.15) is 74.1 Å². The predicted molar refractivity (Wildman–Crippen MR) is 107 cm³/mol. The third-order valence-corrected chi connectivity index (χ3v) is 6.62. The largest absolute Gasteiger partial charge is 0.342 e. The van der Waals surface area contributed by atoms with Gasteiger partial charge in [0.2, 0.25) is 5.91 Å². The molecule has 0 aromatic heterocycles. The average molecular weight is 365 g/mol. The van der Waals surface area contributed by atoms with Gasteiger partial charge < -0.3 is 4.90 Å². The molecule has 0 aromatic carbocycles. The van der Waals surface area contributed by atoms with E-state index < -0.39 is 0 Å². The molecular formula is C22H40N2O2. The molecular weight excluding hydrogens is 324 g/mol. The summed E-state index contributed by atoms with van der Waals surface area (Å²) in [4.78, 5) is 29.8. The Bertz CT molecular complexity index is 511. The minimum absolute atomic E-state index is 0.240. The van der Waals surface area contributed by atoms with Crippen LogP contribution in [0.25, 0.3) is 0 Å². The van der Waals surface area contributed by atoms with E-state index in [-0.39, 0.29) is 16.7 Å². The van der Waals surface area contributed by atoms with Gasteiger partial charge in [-0.25, -0.2) is 0 Å². The fourth-order valence-corrected chi connectivity index (χ4v) is 4.63. The first kappa shape index (κ1) is 21.4. The number of nitrogens with zero attached hydrogens (tertiary/aromatic N) is 2. The Morgan fingerprint density at radius 2 is 1.42 bits per heavy atom. The summed E-state index contributed by atoms with van der Waals surface area (Å²) in [6.45, 7) is 19.1. The van der Waals surface area contributed by atoms with Crippen LogP contribution in [-0.4, -0.2) is 54.2 Å². The number of hydrogen-bond acceptors (Lipinski definition) is 3. The molecule has 2 fully saturated rings. The molecule has 0 radical (unpaired) electrons. The summed E-state index contributed by atoms with van der Waals surface area (Å²) in [5.41, 5.74) is -0.217. The number of rotatable bonds is 3. The highest BCUT2D eigenvalue weighted by atomic mass is 16.2. The van der Waals surface area contributed by atoms with E-state index in [1.54, 1.807) is 0 Å². The monoisotopic (exact) mass is 364 g/mol. The number of ketones is 1. The SMILES string of the molecule is CC(C)(C)C(=O)C1(C)CCN(C(=O)CN2CCC(C(C)(C)C)CC2)CC1. The quantitative estimate of drug-likeness (QED) is 0.760. The number of hydrogen-bond donors (Lipinski definition) is 0. The molecule has 4 heteroatoms. The highest BCUT2D eigenvalue weighted by Crippen LogP contribution is 2.38. The van der Waals surface area contributed by atoms with Crippen molar-refractivity contribution in [2.24, 2.45) is 22.2 Å². The molecule has 0 saturated carbocycles. The number of piperidine rings is 2. The van der Waals surface area contributed by atoms with Crippen molar-refractivity contribution in [1.29, 1.82) is 0 Å². The van der Waals surface area contributed by atoms with Crippen molar-refractivity contribution in [2.45, 2.75) is 74.1 Å². The minimum atomic E-state index is -0.307. The lowest BCUT2D eigenvalue weighted by atomic mass is 9.68. The molecule has 2 rings (SSSR count). The van der Waals surface area contributed by atoms with Gasteiger partial charge >= 0.3 is 0 Å². The van der Waals surface area contributed by atoms with Gasteiger partial charge in [0, 0.05) is 23.9 Å². The third kappa shape index (κ3) is 5.09. The second-order valence-electron chi connectivity index (χ2n) is 10.9. The van der Waals surface area contributed by atoms with E-state index in [4.69, 9.17) is 0 Å². The molecule has 0 atom stereocenters. The molecule has 2 heterocycles. The number of amides is 1. The van der Waals surface area contributed by atoms with E-state index in [1.807, 2.05) is 25.7 Å². The zero-order chi connectivity index (χ0) is 19.8. The Balaban J connectivity index is 1.82. The van der Waals surface area contributed by atoms with Crippen molar-refractivity contribution in [2.75, 3.05) is 32.7 Å². The maximum absolute atomic E-state index is 12.7. The van der Waals surface area contributed by atoms with Crippen molar-refractivity contribution in [3.05, 3.63) is 0 Å². The fraction of sp³-hybridized carbons (Fsp3) is 0.909. The van der Waals surface area contributed by atoms with Crippen molar-refractivity contribution in [3.8, 4) is 0 Å². The standard InChI is InChI=1S/C22H40N2O2/c1-20(2,3)17-8-12-23(13-9-17)16-18(25)24-14-10-22(7,11-15-24)19(26)21(4,5)6/h17H,8-16H2,1-7H3. The summed E-state index contributed by atoms with van der Waals surface area (Å²) in [6, 6.07) is 0. The molecule has 0 unspecified atom stereocenters. The summed E-state index contributed by atoms with van der Waals surface area (Å²) >= 11 is 0. The molecule has 2 aliphatic rings. The fourth-order valence-electron chi connectivity index (χ4n) is 4.63. The summed E-state index contributed by atoms with van der Waals surface area (Å²) in [6.07, 6.45) is 3.96. The summed E-state index contributed by atoms with van der Waals surface area (Å²) in [7, 11) is 0. The number of likely N-dealkylation sites (tertiary alicyclic amines) is 2. The van der Waals surface area contributed by atoms with Gasteiger partial charge in [0.25, 0.3) is 0 Å². The molecule has 2 saturated heterocycles. The van der Waals surface area contributed by atoms with Gasteiger partial charge in [0.05, 0.1) is 6.54 Å². The molecule has 0 N–H and O–H groups in total. The maximum atomic E-state index is 12.7. The topological polar surface area (TPSA) is 40.6 Å². The highest BCUT2D eigenvalue weighted by molar-refractivity contribution is 5.89. The van der Waals surface area contributed by atoms with Crippen LogP contribution in [-0.2, 0) is 9.59 Å². The van der Waals surface area contributed by atoms with E-state index in [1.165, 1.54) is 12.8 Å². The lowest BCUT2D eigenvalue weighted by Gasteiger charge is -2.42. The van der Waals surface area contributed by atoms with Crippen LogP contribution >= 0.6 is 0 Å². The van der Waals surface area contributed by atoms with Crippen LogP contribution in [0.2, 0.25) is 0 Å². The molecule has 2 aliphatic heterocycles. The predicted octanol–water partition coefficient (Wildman–Crippen LogP) is 3.99. The van der Waals surface area contributed by atoms with Gasteiger partial charge in [-0.3, -0.25) is 14.5 Å². The van der Waals surface area contributed by atoms with Gasteiger partial charge in [-0.15, -0.1) is 0 Å². The molecule has 0 spiro atoms. The van der Waals surface area contributed by atoms with E-state index in [2.05, 4.69) is 32.6 Å². The molecule has 4 nitrogen and oxygen atoms in total. The summed E-state index contributed by atoms with van der Waals surface area (Å²) < 4.78 is 0. The first-order valence-electron chi connectivity index (χ1n) is 10.4. The first-order chi connectivity index (χ1) is 11.8. The Hall–Kier alpha value is -0.900. The highest BCUT2D eigenvalue weighted by Gasteiger charge is 2.42. The smallest absolute Gasteiger partial charge is 0.236 e. The first-order valence-corrected chi connectivity index (χ1v) is 10.4. The molecule has 26 heavy (non-hydrogen) atoms. The molecule has 1 amide bonds. The van der Waals surface area contributed by atoms with Crippen molar-refractivity contribution in [3.63, 3.8) is 0 Å². The van der Waals surface area contributed by atoms with Gasteiger partial charge in [-0.2, -0.15) is 0 Å². The Kier molecular flexibility index (Phi) is 6.27. The number of Topliss-reactive ketones (excluding diaryl/α,β-unsaturated/α-hetero) is 1. The minimum Gasteiger partial charge on any atom is -0.342 e. The van der Waals surface area contributed by atoms with E-state index in [9.17, 15) is 9.59 Å². The molecule has 150 valence electrons. The molecule has 0 bridgehead atoms. The van der Waals surface area contributed by atoms with Gasteiger partial charge in [-0.05, 0) is 50.1 Å². The average Bonchev–Trinajstić information content (AvgIpc) is 2.53. The third-order valence-electron chi connectivity index (χ3n) is 6.62. The number of carbonyl (C=O) groups excluding carboxylic acids is 2. The lowest BCUT2D eigenvalue weighted by Crippen LogP contribution is -2.51. The van der Waals surface area contributed by atoms with Gasteiger partial charge in [0.15, 0.2) is 0 Å². The Morgan fingerprint density at radius 1 is 0.923 bits per heavy atom. The van der Waals surface area contributed by atoms with Crippen LogP contribution in [0, 0.1) is 22.2 Å². The zero-order valence-electron chi connectivity index (χ0n) is 18.2. The van der Waals surface area contributed by atoms with Crippen LogP contribution in [0.3, 0.4) is 0 Å². The van der Waals surface area contributed by atoms with Gasteiger partial charge in [-0.1, -0.05) is 48.5 Å². The Labute approximate surface area is 160 Å². The van der Waals surface area contributed by atoms with E-state index in [0.717, 1.165) is 44.9 Å². The normalized spacial score (nSPS) is 23.1. The molecule has 0 aliphatic carbocycles. The Morgan fingerprint density at radius 3 is 1.85 bits per heavy atom. The van der Waals surface area contributed by atoms with Crippen molar-refractivity contribution >= 4 is 11.7 Å². The van der Waals surface area contributed by atoms with Crippen molar-refractivity contribution < 1.29 is 9.59 Å². The van der Waals surface area contributed by atoms with Crippen LogP contribution < -0.4 is 0 Å². The van der Waals surface area contributed by atoms with Crippen LogP contribution in [0.15, 0.2) is 0 Å². The summed E-state index contributed by atoms with van der Waals surface area (Å²) in [5.74, 6) is 1.33. The lowest BCUT2D eigenvalue weighted by molar-refractivity contribution is -0.143. The second kappa shape index (κ2) is 7.61. The van der Waals surface area contributed by atoms with Crippen molar-refractivity contribution in [1.82, 2.24) is 9.80 Å². The van der Waals surface area contributed by atoms with Crippen LogP contribution in [0.4, 0.5) is 0 Å². The second-order valence-corrected chi connectivity index (χ2v) is 10.9. The van der Waals surface area contributed by atoms with E-state index in [0.29, 0.717) is 17.7 Å². The molecule has 0 aromatic rings. The van der Waals surface area contributed by atoms with E-state index >= 15 is 0 Å². The maximum Gasteiger partial charge on any atom is 0.236 e. The van der Waals surface area contributed by atoms with Gasteiger partial charge in [0.1, 0.15) is 5.78 Å². The zero-order valence-corrected chi connectivity index (χ0v) is 18.2. The number of carbonyl (C=O) groups is 2.